The van der Waals surface area contributed by atoms with E-state index in [-0.39, 0.29) is 5.57 Å². The zero-order chi connectivity index (χ0) is 15.1. The molecule has 0 saturated heterocycles. The Labute approximate surface area is 131 Å². The largest absolute Gasteiger partial charge is 0.488 e. The molecule has 21 heavy (non-hydrogen) atoms. The lowest BCUT2D eigenvalue weighted by molar-refractivity contribution is 0.305. The van der Waals surface area contributed by atoms with Gasteiger partial charge in [0, 0.05) is 10.0 Å². The van der Waals surface area contributed by atoms with E-state index in [4.69, 9.17) is 15.3 Å². The van der Waals surface area contributed by atoms with Crippen molar-refractivity contribution in [3.63, 3.8) is 0 Å². The third-order valence-electron chi connectivity index (χ3n) is 2.75. The molecular weight excluding hydrogens is 328 g/mol. The van der Waals surface area contributed by atoms with Crippen molar-refractivity contribution in [3.8, 4) is 17.9 Å². The molecule has 0 unspecified atom stereocenters. The molecule has 0 aromatic heterocycles. The van der Waals surface area contributed by atoms with Gasteiger partial charge in [-0.1, -0.05) is 52.3 Å². The van der Waals surface area contributed by atoms with Gasteiger partial charge in [0.15, 0.2) is 0 Å². The maximum atomic E-state index is 8.85. The topological polar surface area (TPSA) is 56.8 Å². The SMILES string of the molecule is N#CC(C#N)=Cc1ccc(Br)cc1OCc1ccccc1. The molecule has 3 nitrogen and oxygen atoms in total. The first-order chi connectivity index (χ1) is 10.2. The molecule has 2 rings (SSSR count). The first-order valence-electron chi connectivity index (χ1n) is 6.21. The quantitative estimate of drug-likeness (QED) is 0.773. The molecule has 0 heterocycles. The maximum absolute atomic E-state index is 8.85. The van der Waals surface area contributed by atoms with Crippen molar-refractivity contribution in [1.82, 2.24) is 0 Å². The maximum Gasteiger partial charge on any atom is 0.130 e. The van der Waals surface area contributed by atoms with E-state index in [1.54, 1.807) is 6.07 Å². The highest BCUT2D eigenvalue weighted by Crippen LogP contribution is 2.26. The molecule has 0 aliphatic rings. The van der Waals surface area contributed by atoms with Gasteiger partial charge >= 0.3 is 0 Å². The summed E-state index contributed by atoms with van der Waals surface area (Å²) in [5.74, 6) is 0.622. The van der Waals surface area contributed by atoms with Gasteiger partial charge < -0.3 is 4.74 Å². The van der Waals surface area contributed by atoms with Crippen LogP contribution in [0.25, 0.3) is 6.08 Å². The monoisotopic (exact) mass is 338 g/mol. The van der Waals surface area contributed by atoms with E-state index in [9.17, 15) is 0 Å². The summed E-state index contributed by atoms with van der Waals surface area (Å²) in [5.41, 5.74) is 1.79. The minimum Gasteiger partial charge on any atom is -0.488 e. The van der Waals surface area contributed by atoms with Crippen molar-refractivity contribution in [2.75, 3.05) is 0 Å². The Balaban J connectivity index is 2.26. The molecule has 0 aliphatic carbocycles. The highest BCUT2D eigenvalue weighted by Gasteiger charge is 2.05. The normalized spacial score (nSPS) is 9.29. The molecule has 0 atom stereocenters. The Kier molecular flexibility index (Phi) is 5.15. The van der Waals surface area contributed by atoms with Gasteiger partial charge in [0.2, 0.25) is 0 Å². The fourth-order valence-corrected chi connectivity index (χ4v) is 2.07. The first kappa shape index (κ1) is 14.8. The number of nitrogens with zero attached hydrogens (tertiary/aromatic N) is 2. The zero-order valence-corrected chi connectivity index (χ0v) is 12.7. The third kappa shape index (κ3) is 4.21. The standard InChI is InChI=1S/C17H11BrN2O/c18-16-7-6-15(8-14(10-19)11-20)17(9-16)21-12-13-4-2-1-3-5-13/h1-9H,12H2. The summed E-state index contributed by atoms with van der Waals surface area (Å²) in [6.07, 6.45) is 1.52. The van der Waals surface area contributed by atoms with E-state index in [1.807, 2.05) is 54.6 Å². The van der Waals surface area contributed by atoms with E-state index >= 15 is 0 Å². The third-order valence-corrected chi connectivity index (χ3v) is 3.25. The summed E-state index contributed by atoms with van der Waals surface area (Å²) in [7, 11) is 0. The molecular formula is C17H11BrN2O. The summed E-state index contributed by atoms with van der Waals surface area (Å²) < 4.78 is 6.67. The molecule has 0 spiro atoms. The van der Waals surface area contributed by atoms with Crippen molar-refractivity contribution in [2.24, 2.45) is 0 Å². The molecule has 0 N–H and O–H groups in total. The van der Waals surface area contributed by atoms with Crippen LogP contribution < -0.4 is 4.74 Å². The summed E-state index contributed by atoms with van der Waals surface area (Å²) in [5, 5.41) is 17.7. The molecule has 2 aromatic rings. The van der Waals surface area contributed by atoms with E-state index in [0.29, 0.717) is 17.9 Å². The summed E-state index contributed by atoms with van der Waals surface area (Å²) in [6, 6.07) is 19.0. The van der Waals surface area contributed by atoms with E-state index < -0.39 is 0 Å². The highest BCUT2D eigenvalue weighted by atomic mass is 79.9. The molecule has 0 bridgehead atoms. The Morgan fingerprint density at radius 2 is 1.81 bits per heavy atom. The number of hydrogen-bond donors (Lipinski definition) is 0. The second kappa shape index (κ2) is 7.28. The number of nitriles is 2. The molecule has 0 aliphatic heterocycles. The second-order valence-corrected chi connectivity index (χ2v) is 5.15. The average molecular weight is 339 g/mol. The predicted molar refractivity (Wildman–Crippen MR) is 84.1 cm³/mol. The number of rotatable bonds is 4. The zero-order valence-electron chi connectivity index (χ0n) is 11.1. The molecule has 2 aromatic carbocycles. The van der Waals surface area contributed by atoms with Crippen molar-refractivity contribution in [1.29, 1.82) is 10.5 Å². The van der Waals surface area contributed by atoms with Gasteiger partial charge in [0.25, 0.3) is 0 Å². The minimum absolute atomic E-state index is 0.0434. The van der Waals surface area contributed by atoms with E-state index in [1.165, 1.54) is 6.08 Å². The number of allylic oxidation sites excluding steroid dienone is 1. The number of hydrogen-bond acceptors (Lipinski definition) is 3. The minimum atomic E-state index is 0.0434. The molecule has 102 valence electrons. The Hall–Kier alpha value is -2.56. The van der Waals surface area contributed by atoms with Gasteiger partial charge in [-0.05, 0) is 23.8 Å². The van der Waals surface area contributed by atoms with Crippen LogP contribution in [0.1, 0.15) is 11.1 Å². The van der Waals surface area contributed by atoms with Gasteiger partial charge in [-0.2, -0.15) is 10.5 Å². The first-order valence-corrected chi connectivity index (χ1v) is 7.00. The lowest BCUT2D eigenvalue weighted by atomic mass is 10.1. The molecule has 0 fully saturated rings. The average Bonchev–Trinajstić information content (AvgIpc) is 2.53. The van der Waals surface area contributed by atoms with Gasteiger partial charge in [0.1, 0.15) is 30.1 Å². The predicted octanol–water partition coefficient (Wildman–Crippen LogP) is 4.46. The van der Waals surface area contributed by atoms with E-state index in [0.717, 1.165) is 10.0 Å². The number of halogens is 1. The van der Waals surface area contributed by atoms with Crippen molar-refractivity contribution in [3.05, 3.63) is 69.7 Å². The van der Waals surface area contributed by atoms with Crippen LogP contribution >= 0.6 is 15.9 Å². The summed E-state index contributed by atoms with van der Waals surface area (Å²) in [6.45, 7) is 0.423. The highest BCUT2D eigenvalue weighted by molar-refractivity contribution is 9.10. The van der Waals surface area contributed by atoms with Crippen LogP contribution in [0.2, 0.25) is 0 Å². The van der Waals surface area contributed by atoms with Gasteiger partial charge in [-0.25, -0.2) is 0 Å². The van der Waals surface area contributed by atoms with Crippen molar-refractivity contribution >= 4 is 22.0 Å². The van der Waals surface area contributed by atoms with Crippen molar-refractivity contribution < 1.29 is 4.74 Å². The van der Waals surface area contributed by atoms with Crippen LogP contribution in [0.3, 0.4) is 0 Å². The van der Waals surface area contributed by atoms with E-state index in [2.05, 4.69) is 15.9 Å². The number of benzene rings is 2. The van der Waals surface area contributed by atoms with Crippen LogP contribution in [0.5, 0.6) is 5.75 Å². The summed E-state index contributed by atoms with van der Waals surface area (Å²) in [4.78, 5) is 0. The lowest BCUT2D eigenvalue weighted by Gasteiger charge is -2.10. The Morgan fingerprint density at radius 3 is 2.48 bits per heavy atom. The van der Waals surface area contributed by atoms with Crippen LogP contribution in [0.15, 0.2) is 58.6 Å². The smallest absolute Gasteiger partial charge is 0.130 e. The Morgan fingerprint density at radius 1 is 1.10 bits per heavy atom. The fraction of sp³-hybridized carbons (Fsp3) is 0.0588. The van der Waals surface area contributed by atoms with Gasteiger partial charge in [-0.3, -0.25) is 0 Å². The fourth-order valence-electron chi connectivity index (χ4n) is 1.73. The second-order valence-electron chi connectivity index (χ2n) is 4.24. The number of ether oxygens (including phenoxy) is 1. The Bertz CT molecular complexity index is 724. The van der Waals surface area contributed by atoms with Crippen LogP contribution in [-0.2, 0) is 6.61 Å². The van der Waals surface area contributed by atoms with Gasteiger partial charge in [0.05, 0.1) is 0 Å². The lowest BCUT2D eigenvalue weighted by Crippen LogP contribution is -1.97. The molecule has 0 amide bonds. The molecule has 0 radical (unpaired) electrons. The van der Waals surface area contributed by atoms with Gasteiger partial charge in [-0.15, -0.1) is 0 Å². The van der Waals surface area contributed by atoms with Crippen molar-refractivity contribution in [2.45, 2.75) is 6.61 Å². The van der Waals surface area contributed by atoms with Crippen LogP contribution in [0.4, 0.5) is 0 Å². The van der Waals surface area contributed by atoms with Crippen LogP contribution in [-0.4, -0.2) is 0 Å². The summed E-state index contributed by atoms with van der Waals surface area (Å²) >= 11 is 3.39. The van der Waals surface area contributed by atoms with Crippen LogP contribution in [0, 0.1) is 22.7 Å². The molecule has 4 heteroatoms. The molecule has 0 saturated carbocycles.